The molecule has 0 aliphatic heterocycles. The molecule has 0 aliphatic carbocycles. The third kappa shape index (κ3) is 1.24. The highest BCUT2D eigenvalue weighted by molar-refractivity contribution is 5.82. The van der Waals surface area contributed by atoms with Gasteiger partial charge in [0.15, 0.2) is 0 Å². The molecule has 0 unspecified atom stereocenters. The SMILES string of the molecule is Cc1c(CC=O)oc2ccccc12. The van der Waals surface area contributed by atoms with E-state index in [1.54, 1.807) is 0 Å². The minimum atomic E-state index is 0.362. The highest BCUT2D eigenvalue weighted by Gasteiger charge is 2.07. The van der Waals surface area contributed by atoms with Crippen molar-refractivity contribution in [3.63, 3.8) is 0 Å². The van der Waals surface area contributed by atoms with Gasteiger partial charge in [0.1, 0.15) is 17.6 Å². The number of fused-ring (bicyclic) bond motifs is 1. The first-order valence-electron chi connectivity index (χ1n) is 4.23. The van der Waals surface area contributed by atoms with Crippen molar-refractivity contribution < 1.29 is 9.21 Å². The molecular weight excluding hydrogens is 164 g/mol. The van der Waals surface area contributed by atoms with E-state index >= 15 is 0 Å². The first-order valence-corrected chi connectivity index (χ1v) is 4.23. The Bertz CT molecular complexity index is 440. The molecule has 0 spiro atoms. The third-order valence-corrected chi connectivity index (χ3v) is 2.21. The summed E-state index contributed by atoms with van der Waals surface area (Å²) in [6.45, 7) is 1.98. The highest BCUT2D eigenvalue weighted by atomic mass is 16.3. The van der Waals surface area contributed by atoms with E-state index in [-0.39, 0.29) is 0 Å². The summed E-state index contributed by atoms with van der Waals surface area (Å²) in [6, 6.07) is 7.81. The van der Waals surface area contributed by atoms with Crippen molar-refractivity contribution in [2.24, 2.45) is 0 Å². The summed E-state index contributed by atoms with van der Waals surface area (Å²) in [7, 11) is 0. The standard InChI is InChI=1S/C11H10O2/c1-8-9-4-2-3-5-11(9)13-10(8)6-7-12/h2-5,7H,6H2,1H3. The van der Waals surface area contributed by atoms with E-state index in [0.29, 0.717) is 6.42 Å². The van der Waals surface area contributed by atoms with Gasteiger partial charge in [-0.25, -0.2) is 0 Å². The first kappa shape index (κ1) is 8.05. The molecule has 0 amide bonds. The summed E-state index contributed by atoms with van der Waals surface area (Å²) in [5.74, 6) is 0.774. The van der Waals surface area contributed by atoms with E-state index in [1.165, 1.54) is 0 Å². The van der Waals surface area contributed by atoms with Crippen LogP contribution in [0, 0.1) is 6.92 Å². The van der Waals surface area contributed by atoms with Crippen LogP contribution in [0.2, 0.25) is 0 Å². The van der Waals surface area contributed by atoms with Gasteiger partial charge in [-0.1, -0.05) is 18.2 Å². The molecule has 13 heavy (non-hydrogen) atoms. The second-order valence-corrected chi connectivity index (χ2v) is 3.02. The molecular formula is C11H10O2. The fraction of sp³-hybridized carbons (Fsp3) is 0.182. The third-order valence-electron chi connectivity index (χ3n) is 2.21. The van der Waals surface area contributed by atoms with E-state index in [0.717, 1.165) is 28.6 Å². The minimum absolute atomic E-state index is 0.362. The Labute approximate surface area is 76.2 Å². The Hall–Kier alpha value is -1.57. The largest absolute Gasteiger partial charge is 0.460 e. The molecule has 2 rings (SSSR count). The lowest BCUT2D eigenvalue weighted by Gasteiger charge is -1.88. The van der Waals surface area contributed by atoms with Gasteiger partial charge in [-0.3, -0.25) is 0 Å². The molecule has 2 aromatic rings. The van der Waals surface area contributed by atoms with Crippen LogP contribution in [0.15, 0.2) is 28.7 Å². The summed E-state index contributed by atoms with van der Waals surface area (Å²) in [5, 5.41) is 1.10. The van der Waals surface area contributed by atoms with E-state index in [1.807, 2.05) is 31.2 Å². The quantitative estimate of drug-likeness (QED) is 0.655. The van der Waals surface area contributed by atoms with Crippen molar-refractivity contribution in [3.05, 3.63) is 35.6 Å². The minimum Gasteiger partial charge on any atom is -0.460 e. The number of para-hydroxylation sites is 1. The fourth-order valence-corrected chi connectivity index (χ4v) is 1.50. The number of aldehydes is 1. The van der Waals surface area contributed by atoms with Crippen LogP contribution >= 0.6 is 0 Å². The maximum absolute atomic E-state index is 10.3. The molecule has 0 saturated heterocycles. The van der Waals surface area contributed by atoms with Gasteiger partial charge in [0.25, 0.3) is 0 Å². The predicted octanol–water partition coefficient (Wildman–Crippen LogP) is 2.48. The molecule has 0 bridgehead atoms. The van der Waals surface area contributed by atoms with Crippen molar-refractivity contribution in [1.29, 1.82) is 0 Å². The number of hydrogen-bond donors (Lipinski definition) is 0. The number of carbonyl (C=O) groups excluding carboxylic acids is 1. The maximum Gasteiger partial charge on any atom is 0.134 e. The Morgan fingerprint density at radius 3 is 2.85 bits per heavy atom. The van der Waals surface area contributed by atoms with Crippen LogP contribution in [-0.2, 0) is 11.2 Å². The molecule has 0 fully saturated rings. The van der Waals surface area contributed by atoms with E-state index in [4.69, 9.17) is 4.42 Å². The summed E-state index contributed by atoms with van der Waals surface area (Å²) in [6.07, 6.45) is 1.23. The van der Waals surface area contributed by atoms with Gasteiger partial charge in [-0.05, 0) is 18.6 Å². The van der Waals surface area contributed by atoms with Crippen LogP contribution in [0.3, 0.4) is 0 Å². The lowest BCUT2D eigenvalue weighted by molar-refractivity contribution is -0.107. The smallest absolute Gasteiger partial charge is 0.134 e. The second kappa shape index (κ2) is 3.05. The molecule has 1 aromatic heterocycles. The molecule has 0 radical (unpaired) electrons. The number of rotatable bonds is 2. The Morgan fingerprint density at radius 1 is 1.38 bits per heavy atom. The zero-order valence-electron chi connectivity index (χ0n) is 7.41. The van der Waals surface area contributed by atoms with Crippen LogP contribution < -0.4 is 0 Å². The monoisotopic (exact) mass is 174 g/mol. The normalized spacial score (nSPS) is 10.5. The topological polar surface area (TPSA) is 30.2 Å². The van der Waals surface area contributed by atoms with Crippen molar-refractivity contribution in [3.8, 4) is 0 Å². The van der Waals surface area contributed by atoms with Gasteiger partial charge in [0.2, 0.25) is 0 Å². The molecule has 0 aliphatic rings. The van der Waals surface area contributed by atoms with Gasteiger partial charge in [0.05, 0.1) is 6.42 Å². The van der Waals surface area contributed by atoms with Crippen LogP contribution in [-0.4, -0.2) is 6.29 Å². The first-order chi connectivity index (χ1) is 6.33. The van der Waals surface area contributed by atoms with E-state index in [9.17, 15) is 4.79 Å². The molecule has 1 heterocycles. The molecule has 1 aromatic carbocycles. The molecule has 0 saturated carbocycles. The van der Waals surface area contributed by atoms with Crippen LogP contribution in [0.25, 0.3) is 11.0 Å². The van der Waals surface area contributed by atoms with Crippen molar-refractivity contribution in [2.45, 2.75) is 13.3 Å². The van der Waals surface area contributed by atoms with Crippen LogP contribution in [0.1, 0.15) is 11.3 Å². The van der Waals surface area contributed by atoms with Crippen molar-refractivity contribution in [2.75, 3.05) is 0 Å². The number of carbonyl (C=O) groups is 1. The lowest BCUT2D eigenvalue weighted by Crippen LogP contribution is -1.84. The van der Waals surface area contributed by atoms with Gasteiger partial charge in [-0.2, -0.15) is 0 Å². The molecule has 2 nitrogen and oxygen atoms in total. The van der Waals surface area contributed by atoms with Crippen LogP contribution in [0.5, 0.6) is 0 Å². The molecule has 0 atom stereocenters. The average molecular weight is 174 g/mol. The van der Waals surface area contributed by atoms with Gasteiger partial charge in [0, 0.05) is 5.39 Å². The molecule has 0 N–H and O–H groups in total. The van der Waals surface area contributed by atoms with E-state index < -0.39 is 0 Å². The summed E-state index contributed by atoms with van der Waals surface area (Å²) in [4.78, 5) is 10.3. The highest BCUT2D eigenvalue weighted by Crippen LogP contribution is 2.24. The van der Waals surface area contributed by atoms with Crippen molar-refractivity contribution in [1.82, 2.24) is 0 Å². The number of hydrogen-bond acceptors (Lipinski definition) is 2. The number of aryl methyl sites for hydroxylation is 1. The maximum atomic E-state index is 10.3. The Balaban J connectivity index is 2.66. The Morgan fingerprint density at radius 2 is 2.15 bits per heavy atom. The van der Waals surface area contributed by atoms with E-state index in [2.05, 4.69) is 0 Å². The summed E-state index contributed by atoms with van der Waals surface area (Å²) >= 11 is 0. The molecule has 2 heteroatoms. The number of benzene rings is 1. The zero-order chi connectivity index (χ0) is 9.26. The second-order valence-electron chi connectivity index (χ2n) is 3.02. The van der Waals surface area contributed by atoms with Gasteiger partial charge in [-0.15, -0.1) is 0 Å². The fourth-order valence-electron chi connectivity index (χ4n) is 1.50. The zero-order valence-corrected chi connectivity index (χ0v) is 7.41. The number of furan rings is 1. The van der Waals surface area contributed by atoms with Gasteiger partial charge < -0.3 is 9.21 Å². The summed E-state index contributed by atoms with van der Waals surface area (Å²) in [5.41, 5.74) is 1.93. The van der Waals surface area contributed by atoms with Crippen LogP contribution in [0.4, 0.5) is 0 Å². The molecule has 66 valence electrons. The van der Waals surface area contributed by atoms with Gasteiger partial charge >= 0.3 is 0 Å². The summed E-state index contributed by atoms with van der Waals surface area (Å²) < 4.78 is 5.51. The van der Waals surface area contributed by atoms with Crippen molar-refractivity contribution >= 4 is 17.3 Å². The lowest BCUT2D eigenvalue weighted by atomic mass is 10.1. The predicted molar refractivity (Wildman–Crippen MR) is 50.7 cm³/mol. The Kier molecular flexibility index (Phi) is 1.89. The average Bonchev–Trinajstić information content (AvgIpc) is 2.46.